The molecule has 0 N–H and O–H groups in total. The lowest BCUT2D eigenvalue weighted by molar-refractivity contribution is -0.162. The van der Waals surface area contributed by atoms with E-state index in [4.69, 9.17) is 9.47 Å². The molecule has 4 aliphatic carbocycles. The molecule has 4 aliphatic rings. The van der Waals surface area contributed by atoms with Gasteiger partial charge in [0.25, 0.3) is 0 Å². The first-order valence-electron chi connectivity index (χ1n) is 10.8. The summed E-state index contributed by atoms with van der Waals surface area (Å²) in [5.74, 6) is 0.933. The van der Waals surface area contributed by atoms with Crippen molar-refractivity contribution in [1.29, 1.82) is 0 Å². The molecule has 5 nitrogen and oxygen atoms in total. The van der Waals surface area contributed by atoms with Gasteiger partial charge in [-0.15, -0.1) is 0 Å². The Bertz CT molecular complexity index is 725. The molecule has 0 spiro atoms. The zero-order valence-corrected chi connectivity index (χ0v) is 17.3. The number of ether oxygens (including phenoxy) is 2. The molecule has 0 unspecified atom stereocenters. The molecule has 0 amide bonds. The van der Waals surface area contributed by atoms with Gasteiger partial charge in [0.05, 0.1) is 0 Å². The van der Waals surface area contributed by atoms with Gasteiger partial charge in [0.2, 0.25) is 0 Å². The topological polar surface area (TPSA) is 69.7 Å². The Morgan fingerprint density at radius 2 is 1.93 bits per heavy atom. The molecule has 0 aromatic heterocycles. The standard InChI is InChI=1S/C23H32O5/c1-14(24)27-13-23-10-5-4-6-19(23)20(28-15(2)25)12-16-17-7-8-21(26)22(17,3)11-9-18(16)23/h6,16-18,20H,4-5,7-13H2,1-3H3/t16-,17-,18-,20-,22-,23-/m0/s1. The summed E-state index contributed by atoms with van der Waals surface area (Å²) < 4.78 is 11.4. The smallest absolute Gasteiger partial charge is 0.303 e. The Labute approximate surface area is 167 Å². The van der Waals surface area contributed by atoms with Crippen LogP contribution in [0.5, 0.6) is 0 Å². The van der Waals surface area contributed by atoms with Gasteiger partial charge in [0, 0.05) is 31.1 Å². The molecule has 154 valence electrons. The third-order valence-corrected chi connectivity index (χ3v) is 8.30. The quantitative estimate of drug-likeness (QED) is 0.540. The van der Waals surface area contributed by atoms with Gasteiger partial charge in [-0.2, -0.15) is 0 Å². The number of ketones is 1. The minimum atomic E-state index is -0.266. The van der Waals surface area contributed by atoms with Crippen LogP contribution in [0, 0.1) is 28.6 Å². The Hall–Kier alpha value is -1.65. The van der Waals surface area contributed by atoms with Crippen LogP contribution in [0.4, 0.5) is 0 Å². The van der Waals surface area contributed by atoms with Gasteiger partial charge in [-0.3, -0.25) is 14.4 Å². The fourth-order valence-corrected chi connectivity index (χ4v) is 7.13. The summed E-state index contributed by atoms with van der Waals surface area (Å²) in [6.45, 7) is 5.44. The monoisotopic (exact) mass is 388 g/mol. The number of hydrogen-bond acceptors (Lipinski definition) is 5. The zero-order valence-electron chi connectivity index (χ0n) is 17.3. The molecule has 0 radical (unpaired) electrons. The van der Waals surface area contributed by atoms with E-state index in [0.717, 1.165) is 44.9 Å². The third-order valence-electron chi connectivity index (χ3n) is 8.30. The van der Waals surface area contributed by atoms with Crippen molar-refractivity contribution in [3.63, 3.8) is 0 Å². The van der Waals surface area contributed by atoms with Crippen molar-refractivity contribution in [2.45, 2.75) is 78.2 Å². The molecule has 3 saturated carbocycles. The number of rotatable bonds is 3. The van der Waals surface area contributed by atoms with E-state index in [9.17, 15) is 14.4 Å². The Morgan fingerprint density at radius 1 is 1.14 bits per heavy atom. The van der Waals surface area contributed by atoms with E-state index in [-0.39, 0.29) is 28.9 Å². The summed E-state index contributed by atoms with van der Waals surface area (Å²) in [5.41, 5.74) is 0.685. The van der Waals surface area contributed by atoms with E-state index in [1.165, 1.54) is 19.4 Å². The first-order chi connectivity index (χ1) is 13.3. The van der Waals surface area contributed by atoms with E-state index >= 15 is 0 Å². The highest BCUT2D eigenvalue weighted by Gasteiger charge is 2.62. The summed E-state index contributed by atoms with van der Waals surface area (Å²) in [7, 11) is 0. The van der Waals surface area contributed by atoms with Crippen molar-refractivity contribution in [1.82, 2.24) is 0 Å². The summed E-state index contributed by atoms with van der Waals surface area (Å²) >= 11 is 0. The second-order valence-corrected chi connectivity index (χ2v) is 9.62. The number of fused-ring (bicyclic) bond motifs is 5. The molecule has 3 fully saturated rings. The molecule has 0 aromatic carbocycles. The predicted molar refractivity (Wildman–Crippen MR) is 103 cm³/mol. The van der Waals surface area contributed by atoms with Crippen LogP contribution in [0.2, 0.25) is 0 Å². The van der Waals surface area contributed by atoms with Gasteiger partial charge in [0.15, 0.2) is 0 Å². The average Bonchev–Trinajstić information content (AvgIpc) is 2.95. The second-order valence-electron chi connectivity index (χ2n) is 9.62. The number of hydrogen-bond donors (Lipinski definition) is 0. The lowest BCUT2D eigenvalue weighted by Crippen LogP contribution is -2.56. The van der Waals surface area contributed by atoms with Gasteiger partial charge >= 0.3 is 11.9 Å². The second kappa shape index (κ2) is 7.00. The van der Waals surface area contributed by atoms with Crippen molar-refractivity contribution < 1.29 is 23.9 Å². The largest absolute Gasteiger partial charge is 0.465 e. The Morgan fingerprint density at radius 3 is 2.64 bits per heavy atom. The lowest BCUT2D eigenvalue weighted by Gasteiger charge is -2.59. The van der Waals surface area contributed by atoms with Crippen LogP contribution in [0.3, 0.4) is 0 Å². The van der Waals surface area contributed by atoms with E-state index in [0.29, 0.717) is 36.6 Å². The molecule has 5 heteroatoms. The molecule has 0 aromatic rings. The van der Waals surface area contributed by atoms with E-state index in [2.05, 4.69) is 13.0 Å². The fourth-order valence-electron chi connectivity index (χ4n) is 7.13. The van der Waals surface area contributed by atoms with Gasteiger partial charge < -0.3 is 9.47 Å². The molecule has 0 heterocycles. The summed E-state index contributed by atoms with van der Waals surface area (Å²) in [6.07, 6.45) is 9.28. The average molecular weight is 389 g/mol. The van der Waals surface area contributed by atoms with Crippen LogP contribution >= 0.6 is 0 Å². The highest BCUT2D eigenvalue weighted by Crippen LogP contribution is 2.65. The zero-order chi connectivity index (χ0) is 20.1. The Kier molecular flexibility index (Phi) is 4.91. The van der Waals surface area contributed by atoms with Gasteiger partial charge in [-0.05, 0) is 68.3 Å². The van der Waals surface area contributed by atoms with E-state index < -0.39 is 0 Å². The number of Topliss-reactive ketones (excluding diaryl/α,β-unsaturated/α-hetero) is 1. The third kappa shape index (κ3) is 2.93. The van der Waals surface area contributed by atoms with Crippen molar-refractivity contribution in [3.05, 3.63) is 11.6 Å². The van der Waals surface area contributed by atoms with Crippen LogP contribution in [0.25, 0.3) is 0 Å². The minimum Gasteiger partial charge on any atom is -0.465 e. The number of esters is 2. The minimum absolute atomic E-state index is 0.236. The van der Waals surface area contributed by atoms with E-state index in [1.54, 1.807) is 0 Å². The molecule has 0 saturated heterocycles. The first kappa shape index (κ1) is 19.7. The molecule has 0 aliphatic heterocycles. The SMILES string of the molecule is CC(=O)OC[C@]12CCCC=C1[C@@H](OC(C)=O)C[C@@H]1[C@@H]2CC[C@]2(C)C(=O)CC[C@@H]12. The van der Waals surface area contributed by atoms with E-state index in [1.807, 2.05) is 0 Å². The maximum atomic E-state index is 12.7. The number of allylic oxidation sites excluding steroid dienone is 1. The fraction of sp³-hybridized carbons (Fsp3) is 0.783. The van der Waals surface area contributed by atoms with Crippen LogP contribution in [-0.2, 0) is 23.9 Å². The molecule has 0 bridgehead atoms. The maximum Gasteiger partial charge on any atom is 0.303 e. The summed E-state index contributed by atoms with van der Waals surface area (Å²) in [6, 6.07) is 0. The normalized spacial score (nSPS) is 42.0. The van der Waals surface area contributed by atoms with Gasteiger partial charge in [-0.1, -0.05) is 13.0 Å². The van der Waals surface area contributed by atoms with Crippen molar-refractivity contribution >= 4 is 17.7 Å². The lowest BCUT2D eigenvalue weighted by atomic mass is 9.46. The molecule has 6 atom stereocenters. The van der Waals surface area contributed by atoms with Gasteiger partial charge in [-0.25, -0.2) is 0 Å². The number of carbonyl (C=O) groups excluding carboxylic acids is 3. The van der Waals surface area contributed by atoms with Gasteiger partial charge in [0.1, 0.15) is 18.5 Å². The van der Waals surface area contributed by atoms with Crippen molar-refractivity contribution in [3.8, 4) is 0 Å². The van der Waals surface area contributed by atoms with Crippen LogP contribution in [0.1, 0.15) is 72.1 Å². The summed E-state index contributed by atoms with van der Waals surface area (Å²) in [4.78, 5) is 36.2. The molecular formula is C23H32O5. The predicted octanol–water partition coefficient (Wildman–Crippen LogP) is 3.99. The molecular weight excluding hydrogens is 356 g/mol. The molecule has 28 heavy (non-hydrogen) atoms. The van der Waals surface area contributed by atoms with Crippen LogP contribution < -0.4 is 0 Å². The first-order valence-corrected chi connectivity index (χ1v) is 10.8. The number of carbonyl (C=O) groups is 3. The van der Waals surface area contributed by atoms with Crippen molar-refractivity contribution in [2.75, 3.05) is 6.61 Å². The summed E-state index contributed by atoms with van der Waals surface area (Å²) in [5, 5.41) is 0. The Balaban J connectivity index is 1.76. The highest BCUT2D eigenvalue weighted by molar-refractivity contribution is 5.87. The van der Waals surface area contributed by atoms with Crippen LogP contribution in [-0.4, -0.2) is 30.4 Å². The molecule has 4 rings (SSSR count). The van der Waals surface area contributed by atoms with Crippen LogP contribution in [0.15, 0.2) is 11.6 Å². The van der Waals surface area contributed by atoms with Crippen molar-refractivity contribution in [2.24, 2.45) is 28.6 Å². The maximum absolute atomic E-state index is 12.7. The highest BCUT2D eigenvalue weighted by atomic mass is 16.5.